The predicted octanol–water partition coefficient (Wildman–Crippen LogP) is 6.96. The summed E-state index contributed by atoms with van der Waals surface area (Å²) in [7, 11) is 0. The fraction of sp³-hybridized carbons (Fsp3) is 0.250. The minimum Gasteiger partial charge on any atom is -0.162 e. The van der Waals surface area contributed by atoms with Crippen LogP contribution in [0.3, 0.4) is 0 Å². The topological polar surface area (TPSA) is 3.88 Å². The molecule has 0 N–H and O–H groups in total. The Kier molecular flexibility index (Phi) is 4.78. The molecule has 2 aliphatic carbocycles. The number of aryl methyl sites for hydroxylation is 3. The Morgan fingerprint density at radius 3 is 1.90 bits per heavy atom. The lowest BCUT2D eigenvalue weighted by molar-refractivity contribution is -0.609. The van der Waals surface area contributed by atoms with E-state index in [1.54, 1.807) is 0 Å². The van der Waals surface area contributed by atoms with Crippen LogP contribution in [0.1, 0.15) is 43.3 Å². The molecule has 0 amide bonds. The smallest absolute Gasteiger partial charge is 0.162 e. The first-order chi connectivity index (χ1) is 13.8. The van der Waals surface area contributed by atoms with Crippen molar-refractivity contribution in [2.45, 2.75) is 47.0 Å². The van der Waals surface area contributed by atoms with E-state index in [2.05, 4.69) is 119 Å². The molecule has 1 aromatic carbocycles. The average Bonchev–Trinajstić information content (AvgIpc) is 2.94. The summed E-state index contributed by atoms with van der Waals surface area (Å²) in [5, 5.41) is 0. The van der Waals surface area contributed by atoms with Crippen molar-refractivity contribution in [1.82, 2.24) is 0 Å². The van der Waals surface area contributed by atoms with E-state index in [4.69, 9.17) is 0 Å². The fourth-order valence-electron chi connectivity index (χ4n) is 4.33. The number of nitrogens with zero attached hydrogens (tertiary/aromatic N) is 1. The monoisotopic (exact) mass is 380 g/mol. The number of fused-ring (bicyclic) bond motifs is 1. The normalized spacial score (nSPS) is 11.8. The predicted molar refractivity (Wildman–Crippen MR) is 123 cm³/mol. The molecule has 0 atom stereocenters. The fourth-order valence-corrected chi connectivity index (χ4v) is 4.33. The Morgan fingerprint density at radius 2 is 1.28 bits per heavy atom. The van der Waals surface area contributed by atoms with Crippen molar-refractivity contribution in [3.8, 4) is 27.9 Å². The summed E-state index contributed by atoms with van der Waals surface area (Å²) >= 11 is 0. The zero-order valence-electron chi connectivity index (χ0n) is 18.4. The molecule has 4 rings (SSSR count). The zero-order valence-corrected chi connectivity index (χ0v) is 18.4. The van der Waals surface area contributed by atoms with Crippen molar-refractivity contribution < 1.29 is 4.57 Å². The number of aromatic nitrogens is 1. The molecule has 2 aliphatic rings. The summed E-state index contributed by atoms with van der Waals surface area (Å²) in [5.74, 6) is 0. The second kappa shape index (κ2) is 7.15. The van der Waals surface area contributed by atoms with Crippen LogP contribution in [-0.4, -0.2) is 0 Å². The van der Waals surface area contributed by atoms with Gasteiger partial charge in [-0.1, -0.05) is 68.8 Å². The van der Waals surface area contributed by atoms with Crippen LogP contribution in [0.25, 0.3) is 27.9 Å². The van der Waals surface area contributed by atoms with Gasteiger partial charge in [-0.25, -0.2) is 0 Å². The highest BCUT2D eigenvalue weighted by Crippen LogP contribution is 2.44. The van der Waals surface area contributed by atoms with Gasteiger partial charge in [0.05, 0.1) is 0 Å². The van der Waals surface area contributed by atoms with E-state index in [1.165, 1.54) is 50.5 Å². The van der Waals surface area contributed by atoms with Gasteiger partial charge in [0.15, 0.2) is 11.4 Å². The van der Waals surface area contributed by atoms with E-state index in [9.17, 15) is 0 Å². The van der Waals surface area contributed by atoms with E-state index in [0.717, 1.165) is 0 Å². The standard InChI is InChI=1S/C28H30N/c1-19-12-14-22-18-26(28(4,5)6)27(25(22)15-13-19)23-16-20(2)29(21(3)17-23)24-10-8-7-9-11-24/h7-18H,1-6H3/q+1. The lowest BCUT2D eigenvalue weighted by Crippen LogP contribution is -2.37. The second-order valence-electron chi connectivity index (χ2n) is 9.16. The van der Waals surface area contributed by atoms with Gasteiger partial charge in [0.2, 0.25) is 5.69 Å². The first kappa shape index (κ1) is 19.4. The van der Waals surface area contributed by atoms with Crippen LogP contribution < -0.4 is 4.57 Å². The Morgan fingerprint density at radius 1 is 0.655 bits per heavy atom. The molecule has 1 heterocycles. The average molecular weight is 381 g/mol. The van der Waals surface area contributed by atoms with Gasteiger partial charge in [-0.05, 0) is 46.2 Å². The van der Waals surface area contributed by atoms with Crippen molar-refractivity contribution in [3.05, 3.63) is 95.3 Å². The molecule has 0 radical (unpaired) electrons. The molecule has 0 spiro atoms. The summed E-state index contributed by atoms with van der Waals surface area (Å²) in [4.78, 5) is 0. The van der Waals surface area contributed by atoms with Gasteiger partial charge in [0.25, 0.3) is 0 Å². The van der Waals surface area contributed by atoms with Crippen molar-refractivity contribution in [2.24, 2.45) is 0 Å². The number of benzene rings is 1. The van der Waals surface area contributed by atoms with Gasteiger partial charge in [0, 0.05) is 38.1 Å². The molecule has 29 heavy (non-hydrogen) atoms. The van der Waals surface area contributed by atoms with E-state index < -0.39 is 0 Å². The van der Waals surface area contributed by atoms with Crippen LogP contribution in [0.4, 0.5) is 0 Å². The molecule has 2 aromatic rings. The highest BCUT2D eigenvalue weighted by atomic mass is 15.0. The van der Waals surface area contributed by atoms with Gasteiger partial charge in [0.1, 0.15) is 0 Å². The maximum Gasteiger partial charge on any atom is 0.211 e. The lowest BCUT2D eigenvalue weighted by atomic mass is 9.84. The van der Waals surface area contributed by atoms with Crippen molar-refractivity contribution in [1.29, 1.82) is 0 Å². The number of para-hydroxylation sites is 1. The van der Waals surface area contributed by atoms with Crippen molar-refractivity contribution in [3.63, 3.8) is 0 Å². The summed E-state index contributed by atoms with van der Waals surface area (Å²) in [6.45, 7) is 13.5. The third-order valence-electron chi connectivity index (χ3n) is 5.73. The van der Waals surface area contributed by atoms with E-state index in [1.807, 2.05) is 0 Å². The quantitative estimate of drug-likeness (QED) is 0.331. The second-order valence-corrected chi connectivity index (χ2v) is 9.16. The van der Waals surface area contributed by atoms with Crippen LogP contribution >= 0.6 is 0 Å². The SMILES string of the molecule is Cc1ccc2cc(C(C)(C)C)c(-c3cc(C)[n+](-c4ccccc4)c(C)c3)c-2cc1. The number of hydrogen-bond donors (Lipinski definition) is 0. The minimum absolute atomic E-state index is 0.0784. The summed E-state index contributed by atoms with van der Waals surface area (Å²) in [5.41, 5.74) is 11.8. The van der Waals surface area contributed by atoms with Crippen LogP contribution in [-0.2, 0) is 5.41 Å². The molecule has 1 nitrogen and oxygen atoms in total. The lowest BCUT2D eigenvalue weighted by Gasteiger charge is -2.20. The van der Waals surface area contributed by atoms with Gasteiger partial charge < -0.3 is 0 Å². The number of hydrogen-bond acceptors (Lipinski definition) is 0. The summed E-state index contributed by atoms with van der Waals surface area (Å²) in [6.07, 6.45) is 0. The van der Waals surface area contributed by atoms with Gasteiger partial charge in [-0.15, -0.1) is 0 Å². The molecule has 1 aromatic heterocycles. The van der Waals surface area contributed by atoms with E-state index >= 15 is 0 Å². The first-order valence-corrected chi connectivity index (χ1v) is 10.4. The minimum atomic E-state index is 0.0784. The molecule has 0 saturated heterocycles. The third kappa shape index (κ3) is 3.58. The molecule has 0 unspecified atom stereocenters. The number of rotatable bonds is 2. The summed E-state index contributed by atoms with van der Waals surface area (Å²) < 4.78 is 2.33. The molecule has 0 fully saturated rings. The zero-order chi connectivity index (χ0) is 20.8. The van der Waals surface area contributed by atoms with Crippen LogP contribution in [0, 0.1) is 20.8 Å². The highest BCUT2D eigenvalue weighted by molar-refractivity contribution is 5.90. The highest BCUT2D eigenvalue weighted by Gasteiger charge is 2.27. The Balaban J connectivity index is 1.98. The van der Waals surface area contributed by atoms with E-state index in [0.29, 0.717) is 0 Å². The number of pyridine rings is 1. The molecule has 0 bridgehead atoms. The first-order valence-electron chi connectivity index (χ1n) is 10.4. The van der Waals surface area contributed by atoms with Gasteiger partial charge in [-0.3, -0.25) is 0 Å². The van der Waals surface area contributed by atoms with Crippen molar-refractivity contribution in [2.75, 3.05) is 0 Å². The molecule has 0 aliphatic heterocycles. The molecule has 146 valence electrons. The molecular formula is C28H30N+. The van der Waals surface area contributed by atoms with Crippen LogP contribution in [0.5, 0.6) is 0 Å². The maximum absolute atomic E-state index is 2.38. The Bertz CT molecular complexity index is 1120. The van der Waals surface area contributed by atoms with Gasteiger partial charge in [-0.2, -0.15) is 4.57 Å². The van der Waals surface area contributed by atoms with Crippen LogP contribution in [0.15, 0.2) is 72.8 Å². The van der Waals surface area contributed by atoms with Crippen molar-refractivity contribution >= 4 is 0 Å². The molecule has 0 saturated carbocycles. The Hall–Kier alpha value is -2.93. The van der Waals surface area contributed by atoms with E-state index in [-0.39, 0.29) is 5.41 Å². The summed E-state index contributed by atoms with van der Waals surface area (Å²) in [6, 6.07) is 26.6. The van der Waals surface area contributed by atoms with Crippen LogP contribution in [0.2, 0.25) is 0 Å². The maximum atomic E-state index is 2.38. The molecular weight excluding hydrogens is 350 g/mol. The Labute approximate surface area is 175 Å². The third-order valence-corrected chi connectivity index (χ3v) is 5.73. The van der Waals surface area contributed by atoms with Gasteiger partial charge >= 0.3 is 0 Å². The largest absolute Gasteiger partial charge is 0.211 e. The molecule has 1 heteroatoms.